The highest BCUT2D eigenvalue weighted by molar-refractivity contribution is 7.99. The maximum Gasteiger partial charge on any atom is 0.307 e. The van der Waals surface area contributed by atoms with E-state index in [1.165, 1.54) is 11.8 Å². The summed E-state index contributed by atoms with van der Waals surface area (Å²) in [5.41, 5.74) is 0.767. The van der Waals surface area contributed by atoms with E-state index in [1.54, 1.807) is 31.5 Å². The molecule has 0 radical (unpaired) electrons. The average Bonchev–Trinajstić information content (AvgIpc) is 2.41. The Morgan fingerprint density at radius 1 is 1.32 bits per heavy atom. The van der Waals surface area contributed by atoms with Crippen LogP contribution in [0, 0.1) is 0 Å². The van der Waals surface area contributed by atoms with Gasteiger partial charge in [0.25, 0.3) is 0 Å². The Labute approximate surface area is 114 Å². The van der Waals surface area contributed by atoms with Crippen LogP contribution in [0.4, 0.5) is 0 Å². The third-order valence-corrected chi connectivity index (χ3v) is 3.19. The third-order valence-electron chi connectivity index (χ3n) is 2.30. The smallest absolute Gasteiger partial charge is 0.307 e. The van der Waals surface area contributed by atoms with E-state index in [1.807, 2.05) is 12.1 Å². The molecule has 1 aromatic heterocycles. The number of methoxy groups -OCH3 is 1. The summed E-state index contributed by atoms with van der Waals surface area (Å²) in [7, 11) is 1.55. The van der Waals surface area contributed by atoms with Gasteiger partial charge < -0.3 is 9.84 Å². The second-order valence-corrected chi connectivity index (χ2v) is 4.74. The molecule has 0 aliphatic heterocycles. The first-order valence-corrected chi connectivity index (χ1v) is 6.34. The lowest BCUT2D eigenvalue weighted by molar-refractivity contribution is -0.136. The first kappa shape index (κ1) is 13.4. The van der Waals surface area contributed by atoms with Crippen molar-refractivity contribution >= 4 is 17.7 Å². The van der Waals surface area contributed by atoms with Crippen LogP contribution in [0.1, 0.15) is 5.56 Å². The Morgan fingerprint density at radius 2 is 2.05 bits per heavy atom. The molecule has 0 fully saturated rings. The highest BCUT2D eigenvalue weighted by atomic mass is 32.2. The third kappa shape index (κ3) is 3.96. The summed E-state index contributed by atoms with van der Waals surface area (Å²) in [6.07, 6.45) is 1.66. The van der Waals surface area contributed by atoms with E-state index in [2.05, 4.69) is 9.97 Å². The molecule has 1 aromatic carbocycles. The quantitative estimate of drug-likeness (QED) is 0.844. The normalized spacial score (nSPS) is 10.2. The number of rotatable bonds is 5. The molecule has 19 heavy (non-hydrogen) atoms. The Bertz CT molecular complexity index is 572. The van der Waals surface area contributed by atoms with Crippen LogP contribution in [-0.4, -0.2) is 28.2 Å². The molecular formula is C13H12N2O3S. The second kappa shape index (κ2) is 6.19. The molecule has 2 aromatic rings. The standard InChI is InChI=1S/C13H12N2O3S/c1-18-11-6-7-14-13(15-11)19-10-4-2-9(3-5-10)8-12(16)17/h2-7H,8H2,1H3,(H,16,17). The van der Waals surface area contributed by atoms with Crippen LogP contribution in [0.5, 0.6) is 5.88 Å². The number of carboxylic acids is 1. The Morgan fingerprint density at radius 3 is 2.68 bits per heavy atom. The SMILES string of the molecule is COc1ccnc(Sc2ccc(CC(=O)O)cc2)n1. The van der Waals surface area contributed by atoms with Gasteiger partial charge in [0.15, 0.2) is 5.16 Å². The number of hydrogen-bond donors (Lipinski definition) is 1. The fraction of sp³-hybridized carbons (Fsp3) is 0.154. The van der Waals surface area contributed by atoms with Crippen LogP contribution >= 0.6 is 11.8 Å². The molecule has 0 saturated heterocycles. The number of nitrogens with zero attached hydrogens (tertiary/aromatic N) is 2. The van der Waals surface area contributed by atoms with Gasteiger partial charge in [0.1, 0.15) is 0 Å². The average molecular weight is 276 g/mol. The summed E-state index contributed by atoms with van der Waals surface area (Å²) in [6.45, 7) is 0. The molecule has 0 bridgehead atoms. The maximum absolute atomic E-state index is 10.6. The van der Waals surface area contributed by atoms with Crippen molar-refractivity contribution in [3.63, 3.8) is 0 Å². The highest BCUT2D eigenvalue weighted by Gasteiger charge is 2.04. The summed E-state index contributed by atoms with van der Waals surface area (Å²) >= 11 is 1.40. The van der Waals surface area contributed by atoms with Crippen molar-refractivity contribution in [2.24, 2.45) is 0 Å². The molecular weight excluding hydrogens is 264 g/mol. The molecule has 0 unspecified atom stereocenters. The predicted octanol–water partition coefficient (Wildman–Crippen LogP) is 2.26. The van der Waals surface area contributed by atoms with Crippen LogP contribution in [0.25, 0.3) is 0 Å². The van der Waals surface area contributed by atoms with Crippen molar-refractivity contribution in [3.05, 3.63) is 42.1 Å². The first-order valence-electron chi connectivity index (χ1n) is 5.53. The van der Waals surface area contributed by atoms with Crippen LogP contribution in [0.2, 0.25) is 0 Å². The maximum atomic E-state index is 10.6. The zero-order valence-electron chi connectivity index (χ0n) is 10.2. The fourth-order valence-corrected chi connectivity index (χ4v) is 2.18. The lowest BCUT2D eigenvalue weighted by Gasteiger charge is -2.03. The van der Waals surface area contributed by atoms with Crippen molar-refractivity contribution in [1.82, 2.24) is 9.97 Å². The van der Waals surface area contributed by atoms with Gasteiger partial charge in [0.2, 0.25) is 5.88 Å². The van der Waals surface area contributed by atoms with E-state index in [4.69, 9.17) is 9.84 Å². The highest BCUT2D eigenvalue weighted by Crippen LogP contribution is 2.25. The number of aromatic nitrogens is 2. The van der Waals surface area contributed by atoms with Crippen LogP contribution in [0.3, 0.4) is 0 Å². The van der Waals surface area contributed by atoms with E-state index in [-0.39, 0.29) is 6.42 Å². The molecule has 0 atom stereocenters. The van der Waals surface area contributed by atoms with Gasteiger partial charge in [-0.15, -0.1) is 0 Å². The Balaban J connectivity index is 2.08. The van der Waals surface area contributed by atoms with Crippen molar-refractivity contribution in [2.75, 3.05) is 7.11 Å². The number of carbonyl (C=O) groups is 1. The molecule has 0 amide bonds. The van der Waals surface area contributed by atoms with E-state index in [0.29, 0.717) is 11.0 Å². The molecule has 2 rings (SSSR count). The van der Waals surface area contributed by atoms with Crippen LogP contribution in [-0.2, 0) is 11.2 Å². The van der Waals surface area contributed by atoms with E-state index < -0.39 is 5.97 Å². The molecule has 1 N–H and O–H groups in total. The number of aliphatic carboxylic acids is 1. The van der Waals surface area contributed by atoms with Crippen molar-refractivity contribution in [3.8, 4) is 5.88 Å². The van der Waals surface area contributed by atoms with E-state index in [9.17, 15) is 4.79 Å². The van der Waals surface area contributed by atoms with Gasteiger partial charge in [0.05, 0.1) is 13.5 Å². The van der Waals surface area contributed by atoms with Gasteiger partial charge in [-0.05, 0) is 29.5 Å². The van der Waals surface area contributed by atoms with Gasteiger partial charge in [0, 0.05) is 17.2 Å². The van der Waals surface area contributed by atoms with Gasteiger partial charge in [-0.25, -0.2) is 4.98 Å². The Hall–Kier alpha value is -2.08. The van der Waals surface area contributed by atoms with E-state index >= 15 is 0 Å². The zero-order valence-corrected chi connectivity index (χ0v) is 11.1. The summed E-state index contributed by atoms with van der Waals surface area (Å²) in [5, 5.41) is 9.28. The lowest BCUT2D eigenvalue weighted by atomic mass is 10.2. The molecule has 98 valence electrons. The molecule has 6 heteroatoms. The summed E-state index contributed by atoms with van der Waals surface area (Å²) in [6, 6.07) is 8.96. The van der Waals surface area contributed by atoms with Crippen LogP contribution < -0.4 is 4.74 Å². The summed E-state index contributed by atoms with van der Waals surface area (Å²) in [5.74, 6) is -0.323. The van der Waals surface area contributed by atoms with Gasteiger partial charge >= 0.3 is 5.97 Å². The minimum atomic E-state index is -0.837. The van der Waals surface area contributed by atoms with Crippen LogP contribution in [0.15, 0.2) is 46.6 Å². The summed E-state index contributed by atoms with van der Waals surface area (Å²) < 4.78 is 5.03. The van der Waals surface area contributed by atoms with Gasteiger partial charge in [-0.3, -0.25) is 4.79 Å². The predicted molar refractivity (Wildman–Crippen MR) is 70.5 cm³/mol. The fourth-order valence-electron chi connectivity index (χ4n) is 1.44. The first-order chi connectivity index (χ1) is 9.17. The number of benzene rings is 1. The molecule has 5 nitrogen and oxygen atoms in total. The van der Waals surface area contributed by atoms with Crippen molar-refractivity contribution < 1.29 is 14.6 Å². The second-order valence-electron chi connectivity index (χ2n) is 3.70. The zero-order chi connectivity index (χ0) is 13.7. The van der Waals surface area contributed by atoms with Gasteiger partial charge in [-0.2, -0.15) is 4.98 Å². The number of hydrogen-bond acceptors (Lipinski definition) is 5. The summed E-state index contributed by atoms with van der Waals surface area (Å²) in [4.78, 5) is 19.8. The van der Waals surface area contributed by atoms with Gasteiger partial charge in [-0.1, -0.05) is 12.1 Å². The largest absolute Gasteiger partial charge is 0.481 e. The molecule has 0 saturated carbocycles. The molecule has 0 aliphatic rings. The topological polar surface area (TPSA) is 72.3 Å². The lowest BCUT2D eigenvalue weighted by Crippen LogP contribution is -1.99. The number of carboxylic acid groups (broad SMARTS) is 1. The Kier molecular flexibility index (Phi) is 4.35. The minimum absolute atomic E-state index is 0.0284. The molecule has 1 heterocycles. The minimum Gasteiger partial charge on any atom is -0.481 e. The molecule has 0 aliphatic carbocycles. The molecule has 0 spiro atoms. The van der Waals surface area contributed by atoms with Crippen molar-refractivity contribution in [1.29, 1.82) is 0 Å². The number of ether oxygens (including phenoxy) is 1. The van der Waals surface area contributed by atoms with Crippen molar-refractivity contribution in [2.45, 2.75) is 16.5 Å². The van der Waals surface area contributed by atoms with E-state index in [0.717, 1.165) is 10.5 Å². The monoisotopic (exact) mass is 276 g/mol.